The molecule has 0 radical (unpaired) electrons. The molecule has 1 aromatic carbocycles. The minimum atomic E-state index is -0.864. The van der Waals surface area contributed by atoms with Crippen LogP contribution in [0.1, 0.15) is 40.2 Å². The van der Waals surface area contributed by atoms with Crippen molar-refractivity contribution in [1.82, 2.24) is 4.98 Å². The van der Waals surface area contributed by atoms with E-state index in [1.807, 2.05) is 13.0 Å². The van der Waals surface area contributed by atoms with Gasteiger partial charge in [0, 0.05) is 24.0 Å². The molecule has 1 aromatic heterocycles. The number of methoxy groups -OCH3 is 1. The van der Waals surface area contributed by atoms with E-state index in [0.717, 1.165) is 0 Å². The summed E-state index contributed by atoms with van der Waals surface area (Å²) in [6.07, 6.45) is 4.23. The van der Waals surface area contributed by atoms with Gasteiger partial charge in [0.15, 0.2) is 11.5 Å². The number of esters is 1. The van der Waals surface area contributed by atoms with Crippen LogP contribution >= 0.6 is 0 Å². The summed E-state index contributed by atoms with van der Waals surface area (Å²) in [5.74, 6) is -0.403. The van der Waals surface area contributed by atoms with E-state index in [9.17, 15) is 14.7 Å². The molecule has 6 nitrogen and oxygen atoms in total. The summed E-state index contributed by atoms with van der Waals surface area (Å²) in [5.41, 5.74) is 1.35. The summed E-state index contributed by atoms with van der Waals surface area (Å²) in [6.45, 7) is 1.85. The number of hydrogen-bond acceptors (Lipinski definition) is 5. The third kappa shape index (κ3) is 2.48. The van der Waals surface area contributed by atoms with Crippen molar-refractivity contribution >= 4 is 12.0 Å². The molecule has 1 unspecified atom stereocenters. The van der Waals surface area contributed by atoms with Crippen molar-refractivity contribution in [2.45, 2.75) is 13.0 Å². The normalized spacial score (nSPS) is 16.4. The van der Waals surface area contributed by atoms with Crippen molar-refractivity contribution < 1.29 is 19.4 Å². The van der Waals surface area contributed by atoms with Crippen LogP contribution in [0, 0.1) is 0 Å². The highest BCUT2D eigenvalue weighted by atomic mass is 16.6. The van der Waals surface area contributed by atoms with Crippen LogP contribution in [0.4, 0.5) is 0 Å². The zero-order chi connectivity index (χ0) is 16.6. The molecule has 2 N–H and O–H groups in total. The van der Waals surface area contributed by atoms with E-state index >= 15 is 0 Å². The Balaban J connectivity index is 2.15. The lowest BCUT2D eigenvalue weighted by molar-refractivity contribution is 0.0452. The van der Waals surface area contributed by atoms with Crippen molar-refractivity contribution in [3.63, 3.8) is 0 Å². The molecule has 0 aliphatic carbocycles. The minimum absolute atomic E-state index is 0.101. The molecule has 3 rings (SSSR count). The fourth-order valence-corrected chi connectivity index (χ4v) is 2.65. The number of fused-ring (bicyclic) bond motifs is 1. The Morgan fingerprint density at radius 3 is 2.74 bits per heavy atom. The summed E-state index contributed by atoms with van der Waals surface area (Å²) in [5, 5.41) is 9.67. The second-order valence-electron chi connectivity index (χ2n) is 5.10. The molecule has 0 saturated heterocycles. The quantitative estimate of drug-likeness (QED) is 0.849. The number of H-pyrrole nitrogens is 1. The highest BCUT2D eigenvalue weighted by Gasteiger charge is 2.37. The van der Waals surface area contributed by atoms with Gasteiger partial charge in [-0.15, -0.1) is 0 Å². The van der Waals surface area contributed by atoms with Gasteiger partial charge in [0.2, 0.25) is 0 Å². The van der Waals surface area contributed by atoms with Gasteiger partial charge in [-0.3, -0.25) is 4.79 Å². The van der Waals surface area contributed by atoms with E-state index in [1.165, 1.54) is 31.5 Å². The number of hydrogen-bond donors (Lipinski definition) is 2. The van der Waals surface area contributed by atoms with E-state index in [-0.39, 0.29) is 16.7 Å². The van der Waals surface area contributed by atoms with Gasteiger partial charge < -0.3 is 19.6 Å². The first kappa shape index (κ1) is 14.9. The maximum absolute atomic E-state index is 12.3. The molecule has 23 heavy (non-hydrogen) atoms. The molecule has 0 spiro atoms. The van der Waals surface area contributed by atoms with Crippen LogP contribution in [0.3, 0.4) is 0 Å². The Bertz CT molecular complexity index is 866. The number of pyridine rings is 1. The Labute approximate surface area is 132 Å². The number of benzene rings is 1. The van der Waals surface area contributed by atoms with Crippen molar-refractivity contribution in [1.29, 1.82) is 0 Å². The van der Waals surface area contributed by atoms with Gasteiger partial charge in [-0.2, -0.15) is 0 Å². The second kappa shape index (κ2) is 5.64. The highest BCUT2D eigenvalue weighted by Crippen LogP contribution is 2.42. The molecule has 0 amide bonds. The first-order valence-electron chi connectivity index (χ1n) is 7.02. The fourth-order valence-electron chi connectivity index (χ4n) is 2.65. The molecule has 6 heteroatoms. The molecule has 1 atom stereocenters. The van der Waals surface area contributed by atoms with E-state index in [2.05, 4.69) is 4.98 Å². The summed E-state index contributed by atoms with van der Waals surface area (Å²) < 4.78 is 10.6. The van der Waals surface area contributed by atoms with Crippen molar-refractivity contribution in [3.8, 4) is 11.5 Å². The van der Waals surface area contributed by atoms with Crippen LogP contribution in [0.5, 0.6) is 11.5 Å². The molecular weight excluding hydrogens is 298 g/mol. The highest BCUT2D eigenvalue weighted by molar-refractivity contribution is 5.96. The van der Waals surface area contributed by atoms with E-state index in [1.54, 1.807) is 6.08 Å². The van der Waals surface area contributed by atoms with Gasteiger partial charge in [0.25, 0.3) is 0 Å². The molecule has 0 fully saturated rings. The second-order valence-corrected chi connectivity index (χ2v) is 5.10. The number of carbonyl (C=O) groups is 1. The first-order valence-corrected chi connectivity index (χ1v) is 7.02. The van der Waals surface area contributed by atoms with Crippen LogP contribution in [0.2, 0.25) is 0 Å². The number of nitrogens with one attached hydrogen (secondary N) is 1. The van der Waals surface area contributed by atoms with Crippen LogP contribution < -0.4 is 10.2 Å². The van der Waals surface area contributed by atoms with Crippen LogP contribution in [0.15, 0.2) is 35.3 Å². The van der Waals surface area contributed by atoms with E-state index in [0.29, 0.717) is 22.6 Å². The van der Waals surface area contributed by atoms with Gasteiger partial charge >= 0.3 is 5.97 Å². The van der Waals surface area contributed by atoms with Crippen molar-refractivity contribution in [2.75, 3.05) is 7.11 Å². The standard InChI is InChI=1S/C17H15NO5/c1-3-4-9-5-13(20)12(8-18-9)16-15-11(17(21)23-16)6-10(19)7-14(15)22-2/h3-8,16,19H,1-2H3,(H,18,20). The maximum atomic E-state index is 12.3. The Kier molecular flexibility index (Phi) is 3.65. The molecule has 0 bridgehead atoms. The predicted molar refractivity (Wildman–Crippen MR) is 83.7 cm³/mol. The number of rotatable bonds is 3. The third-order valence-electron chi connectivity index (χ3n) is 3.65. The van der Waals surface area contributed by atoms with Gasteiger partial charge in [-0.1, -0.05) is 6.08 Å². The number of cyclic esters (lactones) is 1. The number of phenolic OH excluding ortho intramolecular Hbond substituents is 1. The summed E-state index contributed by atoms with van der Waals surface area (Å²) >= 11 is 0. The Morgan fingerprint density at radius 1 is 1.30 bits per heavy atom. The topological polar surface area (TPSA) is 88.6 Å². The van der Waals surface area contributed by atoms with Gasteiger partial charge in [-0.25, -0.2) is 4.79 Å². The molecule has 1 aliphatic heterocycles. The van der Waals surface area contributed by atoms with Crippen LogP contribution in [0.25, 0.3) is 6.08 Å². The van der Waals surface area contributed by atoms with Gasteiger partial charge in [0.05, 0.1) is 23.8 Å². The minimum Gasteiger partial charge on any atom is -0.508 e. The summed E-state index contributed by atoms with van der Waals surface area (Å²) in [4.78, 5) is 27.4. The molecule has 0 saturated carbocycles. The lowest BCUT2D eigenvalue weighted by Gasteiger charge is -2.13. The first-order chi connectivity index (χ1) is 11.0. The van der Waals surface area contributed by atoms with E-state index in [4.69, 9.17) is 9.47 Å². The zero-order valence-electron chi connectivity index (χ0n) is 12.6. The number of allylic oxidation sites excluding steroid dienone is 1. The summed E-state index contributed by atoms with van der Waals surface area (Å²) in [6, 6.07) is 4.13. The zero-order valence-corrected chi connectivity index (χ0v) is 12.6. The van der Waals surface area contributed by atoms with Crippen LogP contribution in [-0.4, -0.2) is 23.2 Å². The van der Waals surface area contributed by atoms with Gasteiger partial charge in [-0.05, 0) is 19.1 Å². The monoisotopic (exact) mass is 313 g/mol. The average Bonchev–Trinajstić information content (AvgIpc) is 2.84. The maximum Gasteiger partial charge on any atom is 0.339 e. The fraction of sp³-hybridized carbons (Fsp3) is 0.176. The molecule has 1 aliphatic rings. The largest absolute Gasteiger partial charge is 0.508 e. The Hall–Kier alpha value is -3.02. The Morgan fingerprint density at radius 2 is 2.09 bits per heavy atom. The molecule has 2 heterocycles. The van der Waals surface area contributed by atoms with Crippen molar-refractivity contribution in [2.24, 2.45) is 0 Å². The number of ether oxygens (including phenoxy) is 2. The third-order valence-corrected chi connectivity index (χ3v) is 3.65. The number of carbonyl (C=O) groups excluding carboxylic acids is 1. The number of aromatic nitrogens is 1. The number of aromatic hydroxyl groups is 1. The van der Waals surface area contributed by atoms with E-state index < -0.39 is 12.1 Å². The summed E-state index contributed by atoms with van der Waals surface area (Å²) in [7, 11) is 1.42. The lowest BCUT2D eigenvalue weighted by atomic mass is 9.98. The smallest absolute Gasteiger partial charge is 0.339 e. The van der Waals surface area contributed by atoms with Crippen LogP contribution in [-0.2, 0) is 4.74 Å². The average molecular weight is 313 g/mol. The number of aromatic amines is 1. The number of phenols is 1. The predicted octanol–water partition coefficient (Wildman–Crippen LogP) is 2.38. The molecule has 2 aromatic rings. The lowest BCUT2D eigenvalue weighted by Crippen LogP contribution is -2.15. The molecule has 118 valence electrons. The molecular formula is C17H15NO5. The SMILES string of the molecule is CC=Cc1cc(=O)c(C2OC(=O)c3cc(O)cc(OC)c32)c[nH]1. The van der Waals surface area contributed by atoms with Crippen molar-refractivity contribution in [3.05, 3.63) is 63.1 Å². The van der Waals surface area contributed by atoms with Gasteiger partial charge in [0.1, 0.15) is 11.5 Å².